The molecule has 0 amide bonds. The molecule has 0 bridgehead atoms. The van der Waals surface area contributed by atoms with Crippen molar-refractivity contribution in [1.82, 2.24) is 20.2 Å². The first-order valence-corrected chi connectivity index (χ1v) is 6.58. The fraction of sp³-hybridized carbons (Fsp3) is 0.692. The second kappa shape index (κ2) is 7.41. The Morgan fingerprint density at radius 3 is 3.11 bits per heavy atom. The highest BCUT2D eigenvalue weighted by Gasteiger charge is 2.18. The van der Waals surface area contributed by atoms with Gasteiger partial charge in [0.15, 0.2) is 0 Å². The number of aromatic nitrogens is 2. The van der Waals surface area contributed by atoms with Gasteiger partial charge in [-0.15, -0.1) is 0 Å². The van der Waals surface area contributed by atoms with Crippen molar-refractivity contribution in [3.63, 3.8) is 0 Å². The van der Waals surface area contributed by atoms with Crippen LogP contribution in [0.15, 0.2) is 18.6 Å². The Kier molecular flexibility index (Phi) is 5.51. The first kappa shape index (κ1) is 13.4. The van der Waals surface area contributed by atoms with Gasteiger partial charge in [0, 0.05) is 51.4 Å². The lowest BCUT2D eigenvalue weighted by Crippen LogP contribution is -2.38. The third-order valence-corrected chi connectivity index (χ3v) is 3.25. The predicted molar refractivity (Wildman–Crippen MR) is 70.2 cm³/mol. The molecule has 0 aliphatic carbocycles. The minimum atomic E-state index is 0.610. The molecule has 1 fully saturated rings. The molecule has 1 aliphatic heterocycles. The highest BCUT2D eigenvalue weighted by molar-refractivity contribution is 4.95. The minimum Gasteiger partial charge on any atom is -0.383 e. The van der Waals surface area contributed by atoms with Gasteiger partial charge in [0.25, 0.3) is 0 Å². The van der Waals surface area contributed by atoms with Gasteiger partial charge in [0.2, 0.25) is 0 Å². The van der Waals surface area contributed by atoms with Crippen molar-refractivity contribution in [2.45, 2.75) is 25.4 Å². The van der Waals surface area contributed by atoms with Gasteiger partial charge < -0.3 is 10.1 Å². The zero-order valence-electron chi connectivity index (χ0n) is 11.0. The van der Waals surface area contributed by atoms with E-state index in [2.05, 4.69) is 20.2 Å². The lowest BCUT2D eigenvalue weighted by Gasteiger charge is -2.24. The molecule has 0 radical (unpaired) electrons. The molecule has 1 aromatic rings. The Morgan fingerprint density at radius 2 is 2.44 bits per heavy atom. The van der Waals surface area contributed by atoms with Crippen LogP contribution in [0.4, 0.5) is 0 Å². The van der Waals surface area contributed by atoms with Crippen molar-refractivity contribution in [2.24, 2.45) is 0 Å². The highest BCUT2D eigenvalue weighted by Crippen LogP contribution is 2.09. The Hall–Kier alpha value is -1.04. The molecule has 5 heteroatoms. The Bertz CT molecular complexity index is 327. The van der Waals surface area contributed by atoms with Crippen LogP contribution in [0.25, 0.3) is 0 Å². The van der Waals surface area contributed by atoms with Crippen LogP contribution in [-0.4, -0.2) is 54.3 Å². The summed E-state index contributed by atoms with van der Waals surface area (Å²) in [6.45, 7) is 4.74. The predicted octanol–water partition coefficient (Wildman–Crippen LogP) is 0.677. The van der Waals surface area contributed by atoms with Gasteiger partial charge in [-0.1, -0.05) is 0 Å². The molecule has 5 nitrogen and oxygen atoms in total. The lowest BCUT2D eigenvalue weighted by molar-refractivity contribution is 0.137. The van der Waals surface area contributed by atoms with Gasteiger partial charge in [0.05, 0.1) is 12.3 Å². The van der Waals surface area contributed by atoms with Crippen LogP contribution in [0.3, 0.4) is 0 Å². The summed E-state index contributed by atoms with van der Waals surface area (Å²) in [7, 11) is 1.74. The van der Waals surface area contributed by atoms with E-state index in [9.17, 15) is 0 Å². The maximum atomic E-state index is 5.18. The fourth-order valence-corrected chi connectivity index (χ4v) is 2.32. The molecule has 0 saturated carbocycles. The standard InChI is InChI=1S/C13H22N4O/c1-18-8-7-17(10-12-3-2-4-15-12)11-13-9-14-5-6-16-13/h5-6,9,12,15H,2-4,7-8,10-11H2,1H3. The zero-order chi connectivity index (χ0) is 12.6. The van der Waals surface area contributed by atoms with Crippen molar-refractivity contribution in [3.8, 4) is 0 Å². The smallest absolute Gasteiger partial charge is 0.0726 e. The molecule has 18 heavy (non-hydrogen) atoms. The average Bonchev–Trinajstić information content (AvgIpc) is 2.90. The van der Waals surface area contributed by atoms with Gasteiger partial charge in [-0.05, 0) is 19.4 Å². The van der Waals surface area contributed by atoms with Gasteiger partial charge >= 0.3 is 0 Å². The first-order chi connectivity index (χ1) is 8.88. The summed E-state index contributed by atoms with van der Waals surface area (Å²) in [5.41, 5.74) is 1.02. The van der Waals surface area contributed by atoms with E-state index in [1.807, 2.05) is 6.20 Å². The van der Waals surface area contributed by atoms with Crippen LogP contribution < -0.4 is 5.32 Å². The molecular weight excluding hydrogens is 228 g/mol. The third kappa shape index (κ3) is 4.33. The Morgan fingerprint density at radius 1 is 1.50 bits per heavy atom. The largest absolute Gasteiger partial charge is 0.383 e. The number of hydrogen-bond donors (Lipinski definition) is 1. The average molecular weight is 250 g/mol. The van der Waals surface area contributed by atoms with Crippen LogP contribution in [0.2, 0.25) is 0 Å². The van der Waals surface area contributed by atoms with Crippen molar-refractivity contribution < 1.29 is 4.74 Å². The van der Waals surface area contributed by atoms with Crippen LogP contribution in [0.5, 0.6) is 0 Å². The van der Waals surface area contributed by atoms with Crippen LogP contribution in [0.1, 0.15) is 18.5 Å². The second-order valence-corrected chi connectivity index (χ2v) is 4.72. The number of nitrogens with one attached hydrogen (secondary N) is 1. The summed E-state index contributed by atoms with van der Waals surface area (Å²) in [5, 5.41) is 3.53. The van der Waals surface area contributed by atoms with Gasteiger partial charge in [-0.3, -0.25) is 14.9 Å². The van der Waals surface area contributed by atoms with Gasteiger partial charge in [-0.2, -0.15) is 0 Å². The molecule has 1 atom stereocenters. The van der Waals surface area contributed by atoms with Crippen molar-refractivity contribution in [1.29, 1.82) is 0 Å². The minimum absolute atomic E-state index is 0.610. The van der Waals surface area contributed by atoms with E-state index in [1.165, 1.54) is 12.8 Å². The van der Waals surface area contributed by atoms with Crippen molar-refractivity contribution in [3.05, 3.63) is 24.3 Å². The maximum absolute atomic E-state index is 5.18. The van der Waals surface area contributed by atoms with Crippen LogP contribution in [-0.2, 0) is 11.3 Å². The lowest BCUT2D eigenvalue weighted by atomic mass is 10.2. The highest BCUT2D eigenvalue weighted by atomic mass is 16.5. The van der Waals surface area contributed by atoms with Gasteiger partial charge in [0.1, 0.15) is 0 Å². The van der Waals surface area contributed by atoms with Crippen molar-refractivity contribution in [2.75, 3.05) is 33.4 Å². The summed E-state index contributed by atoms with van der Waals surface area (Å²) in [6, 6.07) is 0.610. The quantitative estimate of drug-likeness (QED) is 0.771. The normalized spacial score (nSPS) is 19.6. The Labute approximate surface area is 109 Å². The third-order valence-electron chi connectivity index (χ3n) is 3.25. The zero-order valence-corrected chi connectivity index (χ0v) is 11.0. The SMILES string of the molecule is COCCN(Cc1cnccn1)CC1CCCN1. The van der Waals surface area contributed by atoms with Crippen molar-refractivity contribution >= 4 is 0 Å². The number of methoxy groups -OCH3 is 1. The molecule has 2 rings (SSSR count). The molecule has 0 aromatic carbocycles. The Balaban J connectivity index is 1.87. The van der Waals surface area contributed by atoms with Crippen LogP contribution >= 0.6 is 0 Å². The molecule has 1 unspecified atom stereocenters. The maximum Gasteiger partial charge on any atom is 0.0726 e. The van der Waals surface area contributed by atoms with E-state index in [1.54, 1.807) is 19.5 Å². The molecule has 1 N–H and O–H groups in total. The first-order valence-electron chi connectivity index (χ1n) is 6.58. The van der Waals surface area contributed by atoms with Crippen LogP contribution in [0, 0.1) is 0 Å². The fourth-order valence-electron chi connectivity index (χ4n) is 2.32. The molecule has 0 spiro atoms. The molecular formula is C13H22N4O. The summed E-state index contributed by atoms with van der Waals surface area (Å²) in [5.74, 6) is 0. The molecule has 100 valence electrons. The van der Waals surface area contributed by atoms with E-state index < -0.39 is 0 Å². The summed E-state index contributed by atoms with van der Waals surface area (Å²) in [4.78, 5) is 10.8. The van der Waals surface area contributed by atoms with E-state index in [0.717, 1.165) is 38.5 Å². The second-order valence-electron chi connectivity index (χ2n) is 4.72. The topological polar surface area (TPSA) is 50.3 Å². The summed E-state index contributed by atoms with van der Waals surface area (Å²) >= 11 is 0. The number of rotatable bonds is 7. The van der Waals surface area contributed by atoms with E-state index in [-0.39, 0.29) is 0 Å². The molecule has 1 saturated heterocycles. The number of nitrogens with zero attached hydrogens (tertiary/aromatic N) is 3. The van der Waals surface area contributed by atoms with Gasteiger partial charge in [-0.25, -0.2) is 0 Å². The summed E-state index contributed by atoms with van der Waals surface area (Å²) in [6.07, 6.45) is 7.85. The summed E-state index contributed by atoms with van der Waals surface area (Å²) < 4.78 is 5.18. The molecule has 1 aromatic heterocycles. The monoisotopic (exact) mass is 250 g/mol. The molecule has 1 aliphatic rings. The van der Waals surface area contributed by atoms with E-state index in [0.29, 0.717) is 6.04 Å². The van der Waals surface area contributed by atoms with E-state index in [4.69, 9.17) is 4.74 Å². The number of ether oxygens (including phenoxy) is 1. The number of hydrogen-bond acceptors (Lipinski definition) is 5. The van der Waals surface area contributed by atoms with E-state index >= 15 is 0 Å². The molecule has 2 heterocycles.